The molecule has 0 bridgehead atoms. The number of carbonyl (C=O) groups is 3. The second kappa shape index (κ2) is 10.2. The average molecular weight is 368 g/mol. The number of aryl methyl sites for hydroxylation is 1. The standard InChI is InChI=1S/C18H28N2O4S/c1-6-7-8-9-11(2)19-15(22)10-24-18(23)16-12(3)13(4)25-17(16)20-14(5)21/h11H,6-10H2,1-5H3,(H,19,22)(H,20,21)/t11-/m1/s1. The number of unbranched alkanes of at least 4 members (excludes halogenated alkanes) is 2. The minimum absolute atomic E-state index is 0.0535. The average Bonchev–Trinajstić information content (AvgIpc) is 2.79. The van der Waals surface area contributed by atoms with Gasteiger partial charge in [-0.3, -0.25) is 9.59 Å². The van der Waals surface area contributed by atoms with Crippen LogP contribution < -0.4 is 10.6 Å². The Balaban J connectivity index is 2.59. The lowest BCUT2D eigenvalue weighted by atomic mass is 10.1. The highest BCUT2D eigenvalue weighted by molar-refractivity contribution is 7.16. The van der Waals surface area contributed by atoms with Crippen LogP contribution in [0.25, 0.3) is 0 Å². The van der Waals surface area contributed by atoms with E-state index in [1.807, 2.05) is 13.8 Å². The van der Waals surface area contributed by atoms with Crippen molar-refractivity contribution in [2.24, 2.45) is 0 Å². The van der Waals surface area contributed by atoms with Gasteiger partial charge in [0.2, 0.25) is 5.91 Å². The Morgan fingerprint density at radius 1 is 1.20 bits per heavy atom. The first kappa shape index (κ1) is 21.2. The van der Waals surface area contributed by atoms with Crippen molar-refractivity contribution in [2.45, 2.75) is 66.3 Å². The maximum Gasteiger partial charge on any atom is 0.341 e. The number of carbonyl (C=O) groups excluding carboxylic acids is 3. The van der Waals surface area contributed by atoms with Crippen molar-refractivity contribution in [3.63, 3.8) is 0 Å². The first-order valence-corrected chi connectivity index (χ1v) is 9.41. The third kappa shape index (κ3) is 6.86. The van der Waals surface area contributed by atoms with Crippen LogP contribution >= 0.6 is 11.3 Å². The van der Waals surface area contributed by atoms with Crippen LogP contribution in [0.15, 0.2) is 0 Å². The van der Waals surface area contributed by atoms with Gasteiger partial charge in [-0.05, 0) is 32.8 Å². The van der Waals surface area contributed by atoms with Crippen LogP contribution in [0.1, 0.15) is 67.3 Å². The van der Waals surface area contributed by atoms with Gasteiger partial charge in [-0.25, -0.2) is 4.79 Å². The molecule has 1 aromatic rings. The smallest absolute Gasteiger partial charge is 0.341 e. The molecule has 1 rings (SSSR count). The fourth-order valence-corrected chi connectivity index (χ4v) is 3.51. The van der Waals surface area contributed by atoms with E-state index in [0.29, 0.717) is 10.6 Å². The molecule has 0 unspecified atom stereocenters. The fraction of sp³-hybridized carbons (Fsp3) is 0.611. The van der Waals surface area contributed by atoms with E-state index in [4.69, 9.17) is 4.74 Å². The van der Waals surface area contributed by atoms with E-state index in [0.717, 1.165) is 36.1 Å². The second-order valence-corrected chi connectivity index (χ2v) is 7.43. The van der Waals surface area contributed by atoms with E-state index < -0.39 is 5.97 Å². The summed E-state index contributed by atoms with van der Waals surface area (Å²) in [6.45, 7) is 8.79. The first-order chi connectivity index (χ1) is 11.8. The van der Waals surface area contributed by atoms with Crippen LogP contribution in [0.3, 0.4) is 0 Å². The molecule has 0 aliphatic carbocycles. The molecule has 1 aromatic heterocycles. The molecule has 0 radical (unpaired) electrons. The molecule has 1 heterocycles. The Morgan fingerprint density at radius 2 is 1.88 bits per heavy atom. The molecule has 1 atom stereocenters. The van der Waals surface area contributed by atoms with Gasteiger partial charge in [-0.1, -0.05) is 26.2 Å². The molecule has 2 amide bonds. The second-order valence-electron chi connectivity index (χ2n) is 6.21. The molecule has 25 heavy (non-hydrogen) atoms. The molecule has 0 aliphatic rings. The maximum atomic E-state index is 12.3. The van der Waals surface area contributed by atoms with Gasteiger partial charge < -0.3 is 15.4 Å². The molecule has 0 aromatic carbocycles. The molecular formula is C18H28N2O4S. The third-order valence-corrected chi connectivity index (χ3v) is 4.98. The number of nitrogens with one attached hydrogen (secondary N) is 2. The Hall–Kier alpha value is -1.89. The molecule has 2 N–H and O–H groups in total. The van der Waals surface area contributed by atoms with E-state index in [9.17, 15) is 14.4 Å². The van der Waals surface area contributed by atoms with Gasteiger partial charge in [0.25, 0.3) is 5.91 Å². The molecular weight excluding hydrogens is 340 g/mol. The lowest BCUT2D eigenvalue weighted by molar-refractivity contribution is -0.124. The van der Waals surface area contributed by atoms with Crippen LogP contribution in [0.5, 0.6) is 0 Å². The van der Waals surface area contributed by atoms with E-state index in [2.05, 4.69) is 17.6 Å². The highest BCUT2D eigenvalue weighted by Gasteiger charge is 2.22. The van der Waals surface area contributed by atoms with Crippen molar-refractivity contribution in [1.82, 2.24) is 5.32 Å². The quantitative estimate of drug-likeness (QED) is 0.515. The van der Waals surface area contributed by atoms with Crippen LogP contribution in [0.2, 0.25) is 0 Å². The monoisotopic (exact) mass is 368 g/mol. The van der Waals surface area contributed by atoms with E-state index in [1.165, 1.54) is 18.3 Å². The van der Waals surface area contributed by atoms with Gasteiger partial charge >= 0.3 is 5.97 Å². The maximum absolute atomic E-state index is 12.3. The van der Waals surface area contributed by atoms with Crippen molar-refractivity contribution in [1.29, 1.82) is 0 Å². The zero-order valence-corrected chi connectivity index (χ0v) is 16.5. The molecule has 6 nitrogen and oxygen atoms in total. The number of hydrogen-bond donors (Lipinski definition) is 2. The minimum Gasteiger partial charge on any atom is -0.452 e. The third-order valence-electron chi connectivity index (χ3n) is 3.86. The number of thiophene rings is 1. The van der Waals surface area contributed by atoms with Gasteiger partial charge in [-0.15, -0.1) is 11.3 Å². The summed E-state index contributed by atoms with van der Waals surface area (Å²) < 4.78 is 5.14. The number of anilines is 1. The SMILES string of the molecule is CCCCC[C@@H](C)NC(=O)COC(=O)c1c(NC(C)=O)sc(C)c1C. The van der Waals surface area contributed by atoms with E-state index >= 15 is 0 Å². The molecule has 140 valence electrons. The minimum atomic E-state index is -0.598. The van der Waals surface area contributed by atoms with Gasteiger partial charge in [-0.2, -0.15) is 0 Å². The van der Waals surface area contributed by atoms with Crippen molar-refractivity contribution in [3.05, 3.63) is 16.0 Å². The van der Waals surface area contributed by atoms with Gasteiger partial charge in [0.15, 0.2) is 6.61 Å². The predicted octanol–water partition coefficient (Wildman–Crippen LogP) is 3.57. The zero-order chi connectivity index (χ0) is 19.0. The Bertz CT molecular complexity index is 625. The van der Waals surface area contributed by atoms with E-state index in [1.54, 1.807) is 6.92 Å². The normalized spacial score (nSPS) is 11.7. The Kier molecular flexibility index (Phi) is 8.61. The lowest BCUT2D eigenvalue weighted by Crippen LogP contribution is -2.35. The topological polar surface area (TPSA) is 84.5 Å². The summed E-state index contributed by atoms with van der Waals surface area (Å²) >= 11 is 1.32. The van der Waals surface area contributed by atoms with Crippen molar-refractivity contribution in [3.8, 4) is 0 Å². The van der Waals surface area contributed by atoms with Crippen LogP contribution in [-0.4, -0.2) is 30.4 Å². The number of hydrogen-bond acceptors (Lipinski definition) is 5. The highest BCUT2D eigenvalue weighted by Crippen LogP contribution is 2.32. The first-order valence-electron chi connectivity index (χ1n) is 8.60. The van der Waals surface area contributed by atoms with Crippen LogP contribution in [0, 0.1) is 13.8 Å². The summed E-state index contributed by atoms with van der Waals surface area (Å²) in [5, 5.41) is 5.93. The van der Waals surface area contributed by atoms with Crippen molar-refractivity contribution < 1.29 is 19.1 Å². The summed E-state index contributed by atoms with van der Waals surface area (Å²) in [6, 6.07) is 0.0535. The lowest BCUT2D eigenvalue weighted by Gasteiger charge is -2.14. The summed E-state index contributed by atoms with van der Waals surface area (Å²) in [6.07, 6.45) is 4.24. The number of ether oxygens (including phenoxy) is 1. The predicted molar refractivity (Wildman–Crippen MR) is 100 cm³/mol. The number of amides is 2. The van der Waals surface area contributed by atoms with Crippen LogP contribution in [-0.2, 0) is 14.3 Å². The highest BCUT2D eigenvalue weighted by atomic mass is 32.1. The van der Waals surface area contributed by atoms with Crippen molar-refractivity contribution >= 4 is 34.1 Å². The van der Waals surface area contributed by atoms with Gasteiger partial charge in [0, 0.05) is 17.8 Å². The molecule has 0 fully saturated rings. The molecule has 0 saturated carbocycles. The number of esters is 1. The Morgan fingerprint density at radius 3 is 2.48 bits per heavy atom. The summed E-state index contributed by atoms with van der Waals surface area (Å²) in [5.74, 6) is -1.17. The summed E-state index contributed by atoms with van der Waals surface area (Å²) in [5.41, 5.74) is 1.08. The fourth-order valence-electron chi connectivity index (χ4n) is 2.41. The molecule has 7 heteroatoms. The molecule has 0 aliphatic heterocycles. The van der Waals surface area contributed by atoms with Crippen molar-refractivity contribution in [2.75, 3.05) is 11.9 Å². The largest absolute Gasteiger partial charge is 0.452 e. The number of rotatable bonds is 9. The molecule has 0 saturated heterocycles. The summed E-state index contributed by atoms with van der Waals surface area (Å²) in [7, 11) is 0. The molecule has 0 spiro atoms. The van der Waals surface area contributed by atoms with Gasteiger partial charge in [0.05, 0.1) is 5.56 Å². The van der Waals surface area contributed by atoms with Gasteiger partial charge in [0.1, 0.15) is 5.00 Å². The summed E-state index contributed by atoms with van der Waals surface area (Å²) in [4.78, 5) is 36.5. The van der Waals surface area contributed by atoms with E-state index in [-0.39, 0.29) is 24.5 Å². The zero-order valence-electron chi connectivity index (χ0n) is 15.7. The Labute approximate surface area is 153 Å². The van der Waals surface area contributed by atoms with Crippen LogP contribution in [0.4, 0.5) is 5.00 Å².